The Morgan fingerprint density at radius 3 is 2.17 bits per heavy atom. The number of hydrogen-bond donors (Lipinski definition) is 2. The number of rotatable bonds is 1. The molecule has 4 atom stereocenters. The van der Waals surface area contributed by atoms with E-state index in [2.05, 4.69) is 96.8 Å². The number of nitrogens with zero attached hydrogens (tertiary/aromatic N) is 1. The first kappa shape index (κ1) is 29.0. The first-order valence-electron chi connectivity index (χ1n) is 13.0. The van der Waals surface area contributed by atoms with Gasteiger partial charge in [0.1, 0.15) is 0 Å². The van der Waals surface area contributed by atoms with E-state index in [1.807, 2.05) is 6.20 Å². The molecule has 1 heterocycles. The van der Waals surface area contributed by atoms with Gasteiger partial charge in [-0.25, -0.2) is 0 Å². The molecule has 2 fully saturated rings. The summed E-state index contributed by atoms with van der Waals surface area (Å²) in [6, 6.07) is 14.3. The van der Waals surface area contributed by atoms with Crippen molar-refractivity contribution in [3.05, 3.63) is 64.8 Å². The molecule has 0 spiro atoms. The van der Waals surface area contributed by atoms with E-state index in [0.717, 1.165) is 36.1 Å². The normalized spacial score (nSPS) is 25.9. The van der Waals surface area contributed by atoms with Gasteiger partial charge >= 0.3 is 0 Å². The number of aryl methyl sites for hydroxylation is 4. The smallest absolute Gasteiger partial charge is 0.0646 e. The van der Waals surface area contributed by atoms with Crippen LogP contribution in [0, 0.1) is 56.4 Å². The molecule has 1 radical (unpaired) electrons. The summed E-state index contributed by atoms with van der Waals surface area (Å²) in [5, 5.41) is 23.1. The summed E-state index contributed by atoms with van der Waals surface area (Å²) >= 11 is 0. The predicted molar refractivity (Wildman–Crippen MR) is 145 cm³/mol. The average Bonchev–Trinajstić information content (AvgIpc) is 2.99. The number of fused-ring (bicyclic) bond motifs is 2. The van der Waals surface area contributed by atoms with E-state index in [-0.39, 0.29) is 49.1 Å². The Balaban J connectivity index is 0.000000203. The average molecular weight is 665 g/mol. The van der Waals surface area contributed by atoms with Crippen molar-refractivity contribution in [2.75, 3.05) is 0 Å². The molecule has 2 aliphatic rings. The summed E-state index contributed by atoms with van der Waals surface area (Å²) in [5.74, 6) is 0.627. The number of pyridine rings is 1. The maximum Gasteiger partial charge on any atom is 0.0646 e. The van der Waals surface area contributed by atoms with Crippen molar-refractivity contribution >= 4 is 10.8 Å². The second-order valence-corrected chi connectivity index (χ2v) is 12.6. The van der Waals surface area contributed by atoms with Crippen LogP contribution in [0.3, 0.4) is 0 Å². The second-order valence-electron chi connectivity index (χ2n) is 12.6. The third-order valence-corrected chi connectivity index (χ3v) is 8.43. The van der Waals surface area contributed by atoms with Crippen LogP contribution in [0.4, 0.5) is 0 Å². The van der Waals surface area contributed by atoms with Gasteiger partial charge in [-0.2, -0.15) is 0 Å². The zero-order valence-corrected chi connectivity index (χ0v) is 25.5. The molecule has 2 N–H and O–H groups in total. The van der Waals surface area contributed by atoms with Crippen LogP contribution in [-0.2, 0) is 20.1 Å². The van der Waals surface area contributed by atoms with Gasteiger partial charge in [0.2, 0.25) is 0 Å². The molecular formula is C32H42IrNO2-. The minimum atomic E-state index is -0.340. The Kier molecular flexibility index (Phi) is 8.58. The van der Waals surface area contributed by atoms with Gasteiger partial charge in [0.15, 0.2) is 0 Å². The molecule has 0 saturated heterocycles. The number of hydrogen-bond acceptors (Lipinski definition) is 3. The molecule has 2 aliphatic carbocycles. The van der Waals surface area contributed by atoms with Crippen molar-refractivity contribution in [2.45, 2.75) is 86.9 Å². The third-order valence-electron chi connectivity index (χ3n) is 8.43. The maximum absolute atomic E-state index is 10.3. The molecule has 36 heavy (non-hydrogen) atoms. The molecular weight excluding hydrogens is 623 g/mol. The van der Waals surface area contributed by atoms with Crippen LogP contribution in [0.2, 0.25) is 0 Å². The first-order chi connectivity index (χ1) is 16.3. The van der Waals surface area contributed by atoms with Crippen LogP contribution < -0.4 is 0 Å². The van der Waals surface area contributed by atoms with E-state index in [0.29, 0.717) is 5.92 Å². The maximum atomic E-state index is 10.3. The fraction of sp³-hybridized carbons (Fsp3) is 0.531. The molecule has 197 valence electrons. The molecule has 4 heteroatoms. The minimum Gasteiger partial charge on any atom is -0.392 e. The molecule has 1 aromatic heterocycles. The van der Waals surface area contributed by atoms with Gasteiger partial charge in [-0.3, -0.25) is 0 Å². The van der Waals surface area contributed by atoms with Crippen molar-refractivity contribution in [1.82, 2.24) is 4.98 Å². The molecule has 2 aromatic carbocycles. The molecule has 2 saturated carbocycles. The summed E-state index contributed by atoms with van der Waals surface area (Å²) in [6.45, 7) is 16.9. The Bertz CT molecular complexity index is 1210. The zero-order chi connectivity index (χ0) is 25.7. The van der Waals surface area contributed by atoms with Crippen LogP contribution in [0.25, 0.3) is 22.0 Å². The van der Waals surface area contributed by atoms with Crippen LogP contribution >= 0.6 is 0 Å². The summed E-state index contributed by atoms with van der Waals surface area (Å²) in [6.07, 6.45) is 4.61. The summed E-state index contributed by atoms with van der Waals surface area (Å²) in [4.78, 5) is 4.62. The Hall–Kier alpha value is -1.58. The molecule has 0 amide bonds. The van der Waals surface area contributed by atoms with Gasteiger partial charge in [-0.05, 0) is 66.5 Å². The van der Waals surface area contributed by atoms with E-state index in [1.165, 1.54) is 27.5 Å². The van der Waals surface area contributed by atoms with Crippen LogP contribution in [0.5, 0.6) is 0 Å². The predicted octanol–water partition coefficient (Wildman–Crippen LogP) is 7.12. The summed E-state index contributed by atoms with van der Waals surface area (Å²) in [5.41, 5.74) is 7.00. The van der Waals surface area contributed by atoms with Crippen LogP contribution in [0.15, 0.2) is 36.5 Å². The number of aliphatic hydroxyl groups is 2. The fourth-order valence-electron chi connectivity index (χ4n) is 6.47. The van der Waals surface area contributed by atoms with Gasteiger partial charge in [0, 0.05) is 37.6 Å². The SMILES string of the molecule is CC1(C)CCC2CC(C)(C)C(O)C2C1O.Cc1[c-]c(-c2cc3cc(C)cc(C)c3cn2)cc(C)c1.[Ir]. The Morgan fingerprint density at radius 2 is 1.50 bits per heavy atom. The van der Waals surface area contributed by atoms with Crippen molar-refractivity contribution in [2.24, 2.45) is 22.7 Å². The summed E-state index contributed by atoms with van der Waals surface area (Å²) < 4.78 is 0. The minimum absolute atomic E-state index is 0. The van der Waals surface area contributed by atoms with Crippen molar-refractivity contribution in [3.8, 4) is 11.3 Å². The first-order valence-corrected chi connectivity index (χ1v) is 13.0. The quantitative estimate of drug-likeness (QED) is 0.273. The molecule has 5 rings (SSSR count). The van der Waals surface area contributed by atoms with Crippen molar-refractivity contribution in [3.63, 3.8) is 0 Å². The number of aromatic nitrogens is 1. The topological polar surface area (TPSA) is 53.4 Å². The van der Waals surface area contributed by atoms with Crippen LogP contribution in [0.1, 0.15) is 69.2 Å². The third kappa shape index (κ3) is 5.78. The largest absolute Gasteiger partial charge is 0.392 e. The van der Waals surface area contributed by atoms with E-state index in [9.17, 15) is 10.2 Å². The molecule has 0 aliphatic heterocycles. The van der Waals surface area contributed by atoms with E-state index in [1.54, 1.807) is 0 Å². The number of benzene rings is 2. The Labute approximate surface area is 231 Å². The van der Waals surface area contributed by atoms with Gasteiger partial charge in [0.05, 0.1) is 12.2 Å². The second kappa shape index (κ2) is 10.7. The van der Waals surface area contributed by atoms with Gasteiger partial charge in [-0.1, -0.05) is 65.3 Å². The molecule has 0 bridgehead atoms. The zero-order valence-electron chi connectivity index (χ0n) is 23.1. The molecule has 3 nitrogen and oxygen atoms in total. The fourth-order valence-corrected chi connectivity index (χ4v) is 6.47. The number of aliphatic hydroxyl groups excluding tert-OH is 2. The van der Waals surface area contributed by atoms with E-state index < -0.39 is 0 Å². The summed E-state index contributed by atoms with van der Waals surface area (Å²) in [7, 11) is 0. The molecule has 3 aromatic rings. The van der Waals surface area contributed by atoms with Gasteiger partial charge in [-0.15, -0.1) is 34.9 Å². The Morgan fingerprint density at radius 1 is 0.861 bits per heavy atom. The molecule has 4 unspecified atom stereocenters. The van der Waals surface area contributed by atoms with Crippen LogP contribution in [-0.4, -0.2) is 27.4 Å². The van der Waals surface area contributed by atoms with E-state index >= 15 is 0 Å². The van der Waals surface area contributed by atoms with Gasteiger partial charge < -0.3 is 15.2 Å². The van der Waals surface area contributed by atoms with Crippen molar-refractivity contribution in [1.29, 1.82) is 0 Å². The van der Waals surface area contributed by atoms with Crippen molar-refractivity contribution < 1.29 is 30.3 Å². The monoisotopic (exact) mass is 665 g/mol. The van der Waals surface area contributed by atoms with E-state index in [4.69, 9.17) is 0 Å². The standard InChI is InChI=1S/C19H18N.C13H24O2.Ir/c1-12-5-13(2)9-17(8-12)19-10-16-7-14(3)6-15(4)18(16)11-20-19;1-12(2)6-5-8-7-13(3,4)11(15)9(8)10(12)14;/h5-8,10-11H,1-4H3;8-11,14-15H,5-7H2,1-4H3;/q-1;;. The van der Waals surface area contributed by atoms with Gasteiger partial charge in [0.25, 0.3) is 0 Å².